The molecule has 0 saturated carbocycles. The molecule has 0 radical (unpaired) electrons. The van der Waals surface area contributed by atoms with Gasteiger partial charge in [-0.3, -0.25) is 18.9 Å². The van der Waals surface area contributed by atoms with Crippen LogP contribution in [0.4, 0.5) is 0 Å². The molecule has 14 nitrogen and oxygen atoms in total. The second-order valence-corrected chi connectivity index (χ2v) is 11.0. The fraction of sp³-hybridized carbons (Fsp3) is 0.148. The van der Waals surface area contributed by atoms with Crippen LogP contribution in [0.15, 0.2) is 75.5 Å². The normalized spacial score (nSPS) is 12.9. The standard InChI is InChI=1S/C27H19N8O6P/c1-27(2,14-29)17-4-7-19(8-5-17)35-24-20(25(36)34(26(35)37)15-41-42(39,40)33-38)13-31-22-10-9-21(32-23(22)24)16-3-6-18(11-28)30-12-16/h3-10,12-13H,15H2,1-2H3,(H,39,40). The summed E-state index contributed by atoms with van der Waals surface area (Å²) < 4.78 is 18.0. The Balaban J connectivity index is 1.84. The molecule has 0 aliphatic heterocycles. The summed E-state index contributed by atoms with van der Waals surface area (Å²) in [4.78, 5) is 62.5. The van der Waals surface area contributed by atoms with E-state index in [1.807, 2.05) is 11.0 Å². The van der Waals surface area contributed by atoms with Gasteiger partial charge in [0.2, 0.25) is 0 Å². The molecule has 1 unspecified atom stereocenters. The van der Waals surface area contributed by atoms with E-state index in [-0.39, 0.29) is 27.8 Å². The highest BCUT2D eigenvalue weighted by Gasteiger charge is 2.25. The van der Waals surface area contributed by atoms with Gasteiger partial charge in [-0.25, -0.2) is 23.9 Å². The maximum Gasteiger partial charge on any atom is 0.488 e. The van der Waals surface area contributed by atoms with E-state index in [9.17, 15) is 29.2 Å². The number of nitriles is 2. The number of hydrogen-bond donors (Lipinski definition) is 1. The van der Waals surface area contributed by atoms with Gasteiger partial charge < -0.3 is 4.89 Å². The molecule has 0 spiro atoms. The van der Waals surface area contributed by atoms with E-state index >= 15 is 0 Å². The summed E-state index contributed by atoms with van der Waals surface area (Å²) in [6.45, 7) is 2.42. The minimum Gasteiger partial charge on any atom is -0.305 e. The molecule has 0 amide bonds. The monoisotopic (exact) mass is 582 g/mol. The van der Waals surface area contributed by atoms with Crippen molar-refractivity contribution in [3.63, 3.8) is 0 Å². The van der Waals surface area contributed by atoms with Gasteiger partial charge in [-0.15, -0.1) is 4.91 Å². The minimum atomic E-state index is -4.96. The summed E-state index contributed by atoms with van der Waals surface area (Å²) in [5.74, 6) is 0. The number of pyridine rings is 3. The predicted octanol–water partition coefficient (Wildman–Crippen LogP) is 3.67. The first-order chi connectivity index (χ1) is 20.0. The zero-order chi connectivity index (χ0) is 30.2. The lowest BCUT2D eigenvalue weighted by atomic mass is 9.86. The van der Waals surface area contributed by atoms with Crippen LogP contribution in [-0.2, 0) is 21.2 Å². The molecule has 1 aromatic carbocycles. The molecule has 0 saturated heterocycles. The third-order valence-corrected chi connectivity index (χ3v) is 7.22. The van der Waals surface area contributed by atoms with Crippen LogP contribution in [0.25, 0.3) is 38.9 Å². The molecule has 5 rings (SSSR count). The number of hydrogen-bond acceptors (Lipinski definition) is 10. The lowest BCUT2D eigenvalue weighted by Gasteiger charge is -2.18. The largest absolute Gasteiger partial charge is 0.488 e. The average Bonchev–Trinajstić information content (AvgIpc) is 3.01. The summed E-state index contributed by atoms with van der Waals surface area (Å²) in [7, 11) is -4.96. The van der Waals surface area contributed by atoms with Crippen LogP contribution >= 0.6 is 7.75 Å². The average molecular weight is 582 g/mol. The van der Waals surface area contributed by atoms with Crippen molar-refractivity contribution in [3.05, 3.63) is 97.9 Å². The van der Waals surface area contributed by atoms with Crippen molar-refractivity contribution in [2.24, 2.45) is 4.95 Å². The van der Waals surface area contributed by atoms with Gasteiger partial charge >= 0.3 is 13.4 Å². The lowest BCUT2D eigenvalue weighted by molar-refractivity contribution is 0.193. The van der Waals surface area contributed by atoms with Gasteiger partial charge in [-0.1, -0.05) is 12.1 Å². The first kappa shape index (κ1) is 28.1. The first-order valence-corrected chi connectivity index (χ1v) is 13.7. The van der Waals surface area contributed by atoms with Gasteiger partial charge in [0.05, 0.1) is 39.3 Å². The fourth-order valence-corrected chi connectivity index (χ4v) is 4.57. The molecule has 0 aliphatic carbocycles. The van der Waals surface area contributed by atoms with E-state index < -0.39 is 31.1 Å². The first-order valence-electron chi connectivity index (χ1n) is 12.2. The van der Waals surface area contributed by atoms with E-state index in [1.165, 1.54) is 18.5 Å². The van der Waals surface area contributed by atoms with Crippen molar-refractivity contribution in [1.82, 2.24) is 24.1 Å². The number of nitrogens with zero attached hydrogens (tertiary/aromatic N) is 8. The number of fused-ring (bicyclic) bond motifs is 3. The highest BCUT2D eigenvalue weighted by atomic mass is 31.2. The van der Waals surface area contributed by atoms with E-state index in [2.05, 4.69) is 25.5 Å². The van der Waals surface area contributed by atoms with Crippen LogP contribution < -0.4 is 11.2 Å². The Kier molecular flexibility index (Phi) is 7.06. The van der Waals surface area contributed by atoms with E-state index in [0.717, 1.165) is 4.57 Å². The summed E-state index contributed by atoms with van der Waals surface area (Å²) in [5.41, 5.74) is 0.0407. The lowest BCUT2D eigenvalue weighted by Crippen LogP contribution is -2.40. The Morgan fingerprint density at radius 3 is 2.40 bits per heavy atom. The quantitative estimate of drug-likeness (QED) is 0.166. The molecule has 1 N–H and O–H groups in total. The summed E-state index contributed by atoms with van der Waals surface area (Å²) in [6, 6.07) is 17.1. The van der Waals surface area contributed by atoms with Crippen LogP contribution in [-0.4, -0.2) is 29.0 Å². The second kappa shape index (κ2) is 10.5. The van der Waals surface area contributed by atoms with Crippen molar-refractivity contribution in [1.29, 1.82) is 10.5 Å². The highest BCUT2D eigenvalue weighted by molar-refractivity contribution is 7.51. The van der Waals surface area contributed by atoms with Crippen LogP contribution in [0.2, 0.25) is 0 Å². The van der Waals surface area contributed by atoms with Gasteiger partial charge in [-0.05, 0) is 55.8 Å². The van der Waals surface area contributed by atoms with E-state index in [1.54, 1.807) is 56.3 Å². The van der Waals surface area contributed by atoms with Crippen molar-refractivity contribution >= 4 is 29.7 Å². The van der Waals surface area contributed by atoms with Crippen molar-refractivity contribution in [3.8, 4) is 29.1 Å². The third kappa shape index (κ3) is 4.98. The molecule has 208 valence electrons. The smallest absolute Gasteiger partial charge is 0.305 e. The molecule has 0 bridgehead atoms. The molecule has 15 heteroatoms. The molecule has 42 heavy (non-hydrogen) atoms. The van der Waals surface area contributed by atoms with Crippen molar-refractivity contribution in [2.75, 3.05) is 0 Å². The summed E-state index contributed by atoms with van der Waals surface area (Å²) >= 11 is 0. The van der Waals surface area contributed by atoms with Crippen LogP contribution in [0.5, 0.6) is 0 Å². The SMILES string of the molecule is CC(C)(C#N)c1ccc(-n2c(=O)n(COP(=O)(O)N=O)c(=O)c3cnc4ccc(-c5ccc(C#N)nc5)nc4c32)cc1. The molecular formula is C27H19N8O6P. The third-order valence-electron chi connectivity index (χ3n) is 6.57. The van der Waals surface area contributed by atoms with Gasteiger partial charge in [0.1, 0.15) is 24.0 Å². The van der Waals surface area contributed by atoms with E-state index in [0.29, 0.717) is 26.9 Å². The fourth-order valence-electron chi connectivity index (χ4n) is 4.26. The second-order valence-electron chi connectivity index (χ2n) is 9.59. The Morgan fingerprint density at radius 1 is 1.05 bits per heavy atom. The van der Waals surface area contributed by atoms with Gasteiger partial charge in [0.15, 0.2) is 0 Å². The van der Waals surface area contributed by atoms with Crippen LogP contribution in [0, 0.1) is 27.6 Å². The Morgan fingerprint density at radius 2 is 1.79 bits per heavy atom. The maximum absolute atomic E-state index is 13.8. The summed E-state index contributed by atoms with van der Waals surface area (Å²) in [5, 5.41) is 18.5. The number of benzene rings is 1. The topological polar surface area (TPSA) is 206 Å². The van der Waals surface area contributed by atoms with Gasteiger partial charge in [0, 0.05) is 22.9 Å². The predicted molar refractivity (Wildman–Crippen MR) is 150 cm³/mol. The molecular weight excluding hydrogens is 563 g/mol. The number of nitroso groups, excluding NO2 is 1. The van der Waals surface area contributed by atoms with Crippen molar-refractivity contribution in [2.45, 2.75) is 26.0 Å². The van der Waals surface area contributed by atoms with E-state index in [4.69, 9.17) is 5.26 Å². The molecule has 4 heterocycles. The Hall–Kier alpha value is -5.40. The van der Waals surface area contributed by atoms with Gasteiger partial charge in [0.25, 0.3) is 5.56 Å². The van der Waals surface area contributed by atoms with Crippen LogP contribution in [0.3, 0.4) is 0 Å². The summed E-state index contributed by atoms with van der Waals surface area (Å²) in [6.07, 6.45) is 2.70. The molecule has 0 fully saturated rings. The van der Waals surface area contributed by atoms with Crippen molar-refractivity contribution < 1.29 is 14.0 Å². The molecule has 5 aromatic rings. The molecule has 1 atom stereocenters. The number of rotatable bonds is 7. The highest BCUT2D eigenvalue weighted by Crippen LogP contribution is 2.43. The van der Waals surface area contributed by atoms with Crippen LogP contribution in [0.1, 0.15) is 25.1 Å². The zero-order valence-corrected chi connectivity index (χ0v) is 22.9. The Labute approximate surface area is 236 Å². The molecule has 0 aliphatic rings. The maximum atomic E-state index is 13.8. The number of aromatic nitrogens is 5. The molecule has 4 aromatic heterocycles. The Bertz CT molecular complexity index is 2140. The zero-order valence-electron chi connectivity index (χ0n) is 22.0. The minimum absolute atomic E-state index is 0.0819. The van der Waals surface area contributed by atoms with Gasteiger partial charge in [-0.2, -0.15) is 10.5 Å².